The lowest BCUT2D eigenvalue weighted by Crippen LogP contribution is -2.36. The van der Waals surface area contributed by atoms with E-state index in [2.05, 4.69) is 72.8 Å². The van der Waals surface area contributed by atoms with Crippen molar-refractivity contribution in [3.8, 4) is 11.5 Å². The number of halogens is 1. The number of rotatable bonds is 13. The minimum Gasteiger partial charge on any atom is -0.493 e. The molecule has 0 saturated heterocycles. The molecule has 1 atom stereocenters. The van der Waals surface area contributed by atoms with Crippen LogP contribution in [-0.2, 0) is 6.42 Å². The van der Waals surface area contributed by atoms with Crippen molar-refractivity contribution in [2.24, 2.45) is 0 Å². The SMILES string of the molecule is CC(C)=CCCC(C)=CCCC(C)=CCC[C@]1(C)CCc2cc(OCCC[18F])c(C)c(C)c2O1. The molecule has 1 aliphatic heterocycles. The second-order valence-electron chi connectivity index (χ2n) is 10.6. The Bertz CT molecular complexity index is 889. The Morgan fingerprint density at radius 1 is 1.00 bits per heavy atom. The monoisotopic (exact) mass is 469 g/mol. The highest BCUT2D eigenvalue weighted by molar-refractivity contribution is 5.53. The fourth-order valence-electron chi connectivity index (χ4n) is 4.48. The topological polar surface area (TPSA) is 18.5 Å². The summed E-state index contributed by atoms with van der Waals surface area (Å²) in [4.78, 5) is 0. The number of hydrogen-bond acceptors (Lipinski definition) is 2. The van der Waals surface area contributed by atoms with E-state index >= 15 is 0 Å². The molecule has 2 rings (SSSR count). The lowest BCUT2D eigenvalue weighted by molar-refractivity contribution is 0.0560. The van der Waals surface area contributed by atoms with E-state index in [1.54, 1.807) is 0 Å². The molecule has 0 saturated carbocycles. The van der Waals surface area contributed by atoms with Crippen molar-refractivity contribution in [3.63, 3.8) is 0 Å². The van der Waals surface area contributed by atoms with Crippen LogP contribution in [0.25, 0.3) is 0 Å². The van der Waals surface area contributed by atoms with Gasteiger partial charge in [-0.3, -0.25) is 4.39 Å². The summed E-state index contributed by atoms with van der Waals surface area (Å²) in [7, 11) is 0. The smallest absolute Gasteiger partial charge is 0.126 e. The van der Waals surface area contributed by atoms with Crippen LogP contribution < -0.4 is 9.47 Å². The maximum atomic E-state index is 12.4. The van der Waals surface area contributed by atoms with E-state index < -0.39 is 0 Å². The second-order valence-corrected chi connectivity index (χ2v) is 10.6. The summed E-state index contributed by atoms with van der Waals surface area (Å²) >= 11 is 0. The van der Waals surface area contributed by atoms with E-state index in [0.29, 0.717) is 13.0 Å². The van der Waals surface area contributed by atoms with Gasteiger partial charge in [-0.05, 0) is 123 Å². The second kappa shape index (κ2) is 13.8. The molecule has 1 heterocycles. The summed E-state index contributed by atoms with van der Waals surface area (Å²) in [5.41, 5.74) is 7.69. The van der Waals surface area contributed by atoms with Gasteiger partial charge in [-0.2, -0.15) is 0 Å². The van der Waals surface area contributed by atoms with Gasteiger partial charge in [0, 0.05) is 6.42 Å². The van der Waals surface area contributed by atoms with Gasteiger partial charge in [0.2, 0.25) is 0 Å². The summed E-state index contributed by atoms with van der Waals surface area (Å²) < 4.78 is 24.9. The van der Waals surface area contributed by atoms with Crippen molar-refractivity contribution in [3.05, 3.63) is 57.7 Å². The van der Waals surface area contributed by atoms with E-state index in [1.807, 2.05) is 0 Å². The molecule has 3 heteroatoms. The first-order chi connectivity index (χ1) is 16.1. The van der Waals surface area contributed by atoms with Gasteiger partial charge >= 0.3 is 0 Å². The molecule has 0 spiro atoms. The highest BCUT2D eigenvalue weighted by atomic mass is 18.2. The molecule has 1 aromatic rings. The highest BCUT2D eigenvalue weighted by Crippen LogP contribution is 2.42. The van der Waals surface area contributed by atoms with Crippen molar-refractivity contribution in [2.75, 3.05) is 13.3 Å². The lowest BCUT2D eigenvalue weighted by Gasteiger charge is -2.37. The van der Waals surface area contributed by atoms with Crippen LogP contribution in [-0.4, -0.2) is 18.9 Å². The summed E-state index contributed by atoms with van der Waals surface area (Å²) in [6.07, 6.45) is 16.2. The fraction of sp³-hybridized carbons (Fsp3) is 0.613. The molecule has 0 aromatic heterocycles. The lowest BCUT2D eigenvalue weighted by atomic mass is 9.86. The van der Waals surface area contributed by atoms with Gasteiger partial charge in [-0.15, -0.1) is 0 Å². The number of alkyl halides is 1. The summed E-state index contributed by atoms with van der Waals surface area (Å²) in [6, 6.07) is 2.11. The zero-order valence-corrected chi connectivity index (χ0v) is 22.8. The van der Waals surface area contributed by atoms with Gasteiger partial charge < -0.3 is 9.47 Å². The van der Waals surface area contributed by atoms with Crippen LogP contribution in [0.15, 0.2) is 41.0 Å². The molecular weight excluding hydrogens is 422 g/mol. The normalized spacial score (nSPS) is 18.4. The Kier molecular flexibility index (Phi) is 11.4. The number of benzene rings is 1. The van der Waals surface area contributed by atoms with Gasteiger partial charge in [-0.1, -0.05) is 34.9 Å². The first-order valence-corrected chi connectivity index (χ1v) is 13.1. The number of ether oxygens (including phenoxy) is 2. The first-order valence-electron chi connectivity index (χ1n) is 13.1. The van der Waals surface area contributed by atoms with E-state index in [4.69, 9.17) is 9.47 Å². The van der Waals surface area contributed by atoms with E-state index in [9.17, 15) is 4.39 Å². The number of allylic oxidation sites excluding steroid dienone is 6. The number of fused-ring (bicyclic) bond motifs is 1. The third-order valence-electron chi connectivity index (χ3n) is 6.97. The average molecular weight is 470 g/mol. The molecule has 190 valence electrons. The average Bonchev–Trinajstić information content (AvgIpc) is 2.77. The number of hydrogen-bond donors (Lipinski definition) is 0. The maximum absolute atomic E-state index is 12.4. The molecule has 1 aromatic carbocycles. The molecule has 0 bridgehead atoms. The Morgan fingerprint density at radius 3 is 2.29 bits per heavy atom. The van der Waals surface area contributed by atoms with Crippen LogP contribution in [0.4, 0.5) is 4.39 Å². The van der Waals surface area contributed by atoms with Crippen molar-refractivity contribution in [2.45, 2.75) is 112 Å². The quantitative estimate of drug-likeness (QED) is 0.212. The van der Waals surface area contributed by atoms with Gasteiger partial charge in [0.15, 0.2) is 0 Å². The van der Waals surface area contributed by atoms with Crippen LogP contribution in [0.5, 0.6) is 11.5 Å². The maximum Gasteiger partial charge on any atom is 0.126 e. The van der Waals surface area contributed by atoms with Gasteiger partial charge in [0.05, 0.1) is 13.3 Å². The zero-order chi connectivity index (χ0) is 25.1. The predicted octanol–water partition coefficient (Wildman–Crippen LogP) is 9.32. The molecule has 0 aliphatic carbocycles. The highest BCUT2D eigenvalue weighted by Gasteiger charge is 2.32. The first kappa shape index (κ1) is 28.2. The van der Waals surface area contributed by atoms with Crippen molar-refractivity contribution >= 4 is 0 Å². The molecule has 2 nitrogen and oxygen atoms in total. The Balaban J connectivity index is 1.88. The summed E-state index contributed by atoms with van der Waals surface area (Å²) in [6.45, 7) is 15.3. The molecule has 0 N–H and O–H groups in total. The minimum absolute atomic E-state index is 0.140. The van der Waals surface area contributed by atoms with Gasteiger partial charge in [-0.25, -0.2) is 0 Å². The van der Waals surface area contributed by atoms with Gasteiger partial charge in [0.25, 0.3) is 0 Å². The number of aryl methyl sites for hydroxylation is 1. The molecular formula is C31H47FO2. The van der Waals surface area contributed by atoms with Crippen LogP contribution in [0, 0.1) is 13.8 Å². The largest absolute Gasteiger partial charge is 0.493 e. The van der Waals surface area contributed by atoms with Crippen molar-refractivity contribution in [1.82, 2.24) is 0 Å². The predicted molar refractivity (Wildman–Crippen MR) is 144 cm³/mol. The van der Waals surface area contributed by atoms with E-state index in [-0.39, 0.29) is 12.3 Å². The molecule has 0 radical (unpaired) electrons. The Labute approximate surface area is 208 Å². The minimum atomic E-state index is -0.342. The van der Waals surface area contributed by atoms with E-state index in [0.717, 1.165) is 74.0 Å². The zero-order valence-electron chi connectivity index (χ0n) is 22.8. The van der Waals surface area contributed by atoms with Gasteiger partial charge in [0.1, 0.15) is 17.1 Å². The Morgan fingerprint density at radius 2 is 1.65 bits per heavy atom. The Hall–Kier alpha value is -2.03. The molecule has 34 heavy (non-hydrogen) atoms. The standard InChI is InChI=1S/C31H47FO2/c1-23(2)12-8-13-24(3)14-9-15-25(4)16-10-18-31(7)19-17-28-22-29(33-21-11-20-32)26(5)27(6)30(28)34-31/h12,14,16,22H,8-11,13,15,17-21H2,1-7H3/t31-/m1/s1/i32-1. The van der Waals surface area contributed by atoms with Crippen molar-refractivity contribution in [1.29, 1.82) is 0 Å². The molecule has 1 aliphatic rings. The third-order valence-corrected chi connectivity index (χ3v) is 6.97. The van der Waals surface area contributed by atoms with E-state index in [1.165, 1.54) is 22.3 Å². The van der Waals surface area contributed by atoms with Crippen LogP contribution >= 0.6 is 0 Å². The molecule has 0 amide bonds. The molecule has 0 fully saturated rings. The van der Waals surface area contributed by atoms with Crippen molar-refractivity contribution < 1.29 is 13.9 Å². The van der Waals surface area contributed by atoms with Crippen LogP contribution in [0.2, 0.25) is 0 Å². The molecule has 0 unspecified atom stereocenters. The third kappa shape index (κ3) is 8.96. The van der Waals surface area contributed by atoms with Crippen LogP contribution in [0.3, 0.4) is 0 Å². The fourth-order valence-corrected chi connectivity index (χ4v) is 4.48. The summed E-state index contributed by atoms with van der Waals surface area (Å²) in [5.74, 6) is 1.90. The summed E-state index contributed by atoms with van der Waals surface area (Å²) in [5, 5.41) is 0. The van der Waals surface area contributed by atoms with Crippen LogP contribution in [0.1, 0.15) is 103 Å².